The maximum Gasteiger partial charge on any atom is 0.0672 e. The van der Waals surface area contributed by atoms with E-state index < -0.39 is 0 Å². The second-order valence-corrected chi connectivity index (χ2v) is 4.96. The fourth-order valence-electron chi connectivity index (χ4n) is 2.73. The quantitative estimate of drug-likeness (QED) is 0.742. The van der Waals surface area contributed by atoms with Crippen molar-refractivity contribution >= 4 is 22.5 Å². The largest absolute Gasteiger partial charge is 0.346 e. The molecule has 0 saturated heterocycles. The van der Waals surface area contributed by atoms with Crippen LogP contribution in [0.5, 0.6) is 0 Å². The van der Waals surface area contributed by atoms with Gasteiger partial charge in [-0.15, -0.1) is 0 Å². The summed E-state index contributed by atoms with van der Waals surface area (Å²) in [5.41, 5.74) is 5.27. The first-order chi connectivity index (χ1) is 7.68. The molecule has 1 aromatic carbocycles. The van der Waals surface area contributed by atoms with E-state index in [1.54, 1.807) is 0 Å². The molecule has 0 radical (unpaired) electrons. The Hall–Kier alpha value is -0.990. The maximum absolute atomic E-state index is 6.35. The Morgan fingerprint density at radius 3 is 3.00 bits per heavy atom. The van der Waals surface area contributed by atoms with Gasteiger partial charge in [0.1, 0.15) is 0 Å². The number of benzene rings is 1. The van der Waals surface area contributed by atoms with Crippen LogP contribution in [0, 0.1) is 6.92 Å². The summed E-state index contributed by atoms with van der Waals surface area (Å²) in [5.74, 6) is 0. The summed E-state index contributed by atoms with van der Waals surface area (Å²) in [6, 6.07) is 4.29. The van der Waals surface area contributed by atoms with E-state index in [2.05, 4.69) is 29.9 Å². The number of nitrogens with one attached hydrogen (secondary N) is 1. The summed E-state index contributed by atoms with van der Waals surface area (Å²) in [4.78, 5) is 0. The average molecular weight is 235 g/mol. The third kappa shape index (κ3) is 1.30. The van der Waals surface area contributed by atoms with Gasteiger partial charge >= 0.3 is 0 Å². The highest BCUT2D eigenvalue weighted by Gasteiger charge is 2.19. The van der Waals surface area contributed by atoms with Gasteiger partial charge in [0, 0.05) is 37.6 Å². The molecule has 0 aliphatic carbocycles. The number of halogens is 1. The summed E-state index contributed by atoms with van der Waals surface area (Å²) in [6.45, 7) is 4.13. The average Bonchev–Trinajstić information content (AvgIpc) is 2.54. The summed E-state index contributed by atoms with van der Waals surface area (Å²) < 4.78 is 2.26. The highest BCUT2D eigenvalue weighted by molar-refractivity contribution is 6.35. The second-order valence-electron chi connectivity index (χ2n) is 4.55. The van der Waals surface area contributed by atoms with Gasteiger partial charge in [0.25, 0.3) is 0 Å². The van der Waals surface area contributed by atoms with E-state index in [0.29, 0.717) is 0 Å². The molecule has 0 atom stereocenters. The van der Waals surface area contributed by atoms with Crippen LogP contribution in [0.15, 0.2) is 12.1 Å². The van der Waals surface area contributed by atoms with Crippen LogP contribution in [0.25, 0.3) is 10.9 Å². The van der Waals surface area contributed by atoms with Crippen LogP contribution in [-0.4, -0.2) is 11.1 Å². The van der Waals surface area contributed by atoms with E-state index in [1.165, 1.54) is 27.7 Å². The molecule has 3 rings (SSSR count). The van der Waals surface area contributed by atoms with Crippen molar-refractivity contribution in [2.45, 2.75) is 19.9 Å². The summed E-state index contributed by atoms with van der Waals surface area (Å²) in [5, 5.41) is 5.61. The van der Waals surface area contributed by atoms with Gasteiger partial charge in [0.05, 0.1) is 10.5 Å². The number of hydrogen-bond acceptors (Lipinski definition) is 1. The van der Waals surface area contributed by atoms with Gasteiger partial charge in [-0.3, -0.25) is 0 Å². The zero-order valence-corrected chi connectivity index (χ0v) is 10.4. The predicted octanol–water partition coefficient (Wildman–Crippen LogP) is 2.79. The molecular formula is C13H15ClN2. The van der Waals surface area contributed by atoms with E-state index in [0.717, 1.165) is 24.5 Å². The van der Waals surface area contributed by atoms with Crippen molar-refractivity contribution in [3.05, 3.63) is 34.0 Å². The molecule has 1 aliphatic heterocycles. The van der Waals surface area contributed by atoms with Crippen LogP contribution in [0.3, 0.4) is 0 Å². The van der Waals surface area contributed by atoms with Crippen LogP contribution in [0.4, 0.5) is 0 Å². The highest BCUT2D eigenvalue weighted by Crippen LogP contribution is 2.33. The zero-order chi connectivity index (χ0) is 11.3. The zero-order valence-electron chi connectivity index (χ0n) is 9.60. The molecule has 1 aromatic heterocycles. The van der Waals surface area contributed by atoms with Crippen molar-refractivity contribution in [2.24, 2.45) is 7.05 Å². The summed E-state index contributed by atoms with van der Waals surface area (Å²) in [7, 11) is 2.12. The number of aryl methyl sites for hydroxylation is 2. The van der Waals surface area contributed by atoms with E-state index in [-0.39, 0.29) is 0 Å². The minimum atomic E-state index is 0.868. The standard InChI is InChI=1S/C13H15ClN2/c1-8-5-9-10-7-15-4-3-12(10)16(2)13(9)11(14)6-8/h5-6,15H,3-4,7H2,1-2H3. The normalized spacial score (nSPS) is 15.4. The van der Waals surface area contributed by atoms with Crippen molar-refractivity contribution in [2.75, 3.05) is 6.54 Å². The van der Waals surface area contributed by atoms with Gasteiger partial charge in [-0.1, -0.05) is 11.6 Å². The van der Waals surface area contributed by atoms with E-state index in [4.69, 9.17) is 11.6 Å². The van der Waals surface area contributed by atoms with E-state index in [1.807, 2.05) is 6.07 Å². The molecule has 84 valence electrons. The predicted molar refractivity (Wildman–Crippen MR) is 68.1 cm³/mol. The lowest BCUT2D eigenvalue weighted by atomic mass is 10.0. The first-order valence-electron chi connectivity index (χ1n) is 5.65. The summed E-state index contributed by atoms with van der Waals surface area (Å²) >= 11 is 6.35. The second kappa shape index (κ2) is 3.51. The molecule has 1 N–H and O–H groups in total. The van der Waals surface area contributed by atoms with Gasteiger partial charge in [0.15, 0.2) is 0 Å². The minimum absolute atomic E-state index is 0.868. The van der Waals surface area contributed by atoms with Crippen molar-refractivity contribution < 1.29 is 0 Å². The van der Waals surface area contributed by atoms with E-state index in [9.17, 15) is 0 Å². The van der Waals surface area contributed by atoms with Crippen LogP contribution in [0.1, 0.15) is 16.8 Å². The maximum atomic E-state index is 6.35. The van der Waals surface area contributed by atoms with Gasteiger partial charge in [-0.2, -0.15) is 0 Å². The summed E-state index contributed by atoms with van der Waals surface area (Å²) in [6.07, 6.45) is 1.09. The van der Waals surface area contributed by atoms with Gasteiger partial charge in [-0.25, -0.2) is 0 Å². The molecule has 0 spiro atoms. The Morgan fingerprint density at radius 2 is 2.19 bits per heavy atom. The molecule has 0 bridgehead atoms. The number of fused-ring (bicyclic) bond motifs is 3. The Balaban J connectivity index is 2.44. The highest BCUT2D eigenvalue weighted by atomic mass is 35.5. The van der Waals surface area contributed by atoms with Gasteiger partial charge in [0.2, 0.25) is 0 Å². The number of aromatic nitrogens is 1. The smallest absolute Gasteiger partial charge is 0.0672 e. The third-order valence-electron chi connectivity index (χ3n) is 3.46. The van der Waals surface area contributed by atoms with Crippen LogP contribution in [0.2, 0.25) is 5.02 Å². The van der Waals surface area contributed by atoms with Gasteiger partial charge in [-0.05, 0) is 30.2 Å². The minimum Gasteiger partial charge on any atom is -0.346 e. The molecule has 3 heteroatoms. The number of nitrogens with zero attached hydrogens (tertiary/aromatic N) is 1. The van der Waals surface area contributed by atoms with Crippen molar-refractivity contribution in [1.29, 1.82) is 0 Å². The Bertz CT molecular complexity index is 569. The van der Waals surface area contributed by atoms with Crippen LogP contribution in [-0.2, 0) is 20.0 Å². The number of rotatable bonds is 0. The lowest BCUT2D eigenvalue weighted by Gasteiger charge is -2.14. The molecule has 2 nitrogen and oxygen atoms in total. The molecule has 2 heterocycles. The molecule has 2 aromatic rings. The first kappa shape index (κ1) is 10.2. The SMILES string of the molecule is Cc1cc(Cl)c2c(c1)c1c(n2C)CCNC1. The molecule has 0 saturated carbocycles. The fourth-order valence-corrected chi connectivity index (χ4v) is 3.14. The topological polar surface area (TPSA) is 17.0 Å². The van der Waals surface area contributed by atoms with Gasteiger partial charge < -0.3 is 9.88 Å². The van der Waals surface area contributed by atoms with E-state index >= 15 is 0 Å². The van der Waals surface area contributed by atoms with Crippen LogP contribution < -0.4 is 5.32 Å². The van der Waals surface area contributed by atoms with Crippen molar-refractivity contribution in [3.8, 4) is 0 Å². The van der Waals surface area contributed by atoms with Crippen molar-refractivity contribution in [3.63, 3.8) is 0 Å². The lowest BCUT2D eigenvalue weighted by molar-refractivity contribution is 0.622. The Kier molecular flexibility index (Phi) is 2.23. The van der Waals surface area contributed by atoms with Crippen LogP contribution >= 0.6 is 11.6 Å². The molecule has 16 heavy (non-hydrogen) atoms. The molecule has 1 aliphatic rings. The monoisotopic (exact) mass is 234 g/mol. The first-order valence-corrected chi connectivity index (χ1v) is 6.03. The lowest BCUT2D eigenvalue weighted by Crippen LogP contribution is -2.24. The Labute approximate surface area is 100 Å². The Morgan fingerprint density at radius 1 is 1.38 bits per heavy atom. The fraction of sp³-hybridized carbons (Fsp3) is 0.385. The third-order valence-corrected chi connectivity index (χ3v) is 3.75. The molecular weight excluding hydrogens is 220 g/mol. The molecule has 0 amide bonds. The van der Waals surface area contributed by atoms with Crippen molar-refractivity contribution in [1.82, 2.24) is 9.88 Å². The molecule has 0 unspecified atom stereocenters. The number of hydrogen-bond donors (Lipinski definition) is 1. The molecule has 0 fully saturated rings.